The Bertz CT molecular complexity index is 181. The Hall–Kier alpha value is -0.790. The first-order valence-corrected chi connectivity index (χ1v) is 5.18. The number of likely N-dealkylation sites (tertiary alicyclic amines) is 1. The molecule has 0 saturated carbocycles. The van der Waals surface area contributed by atoms with Gasteiger partial charge in [-0.05, 0) is 25.2 Å². The second-order valence-electron chi connectivity index (χ2n) is 3.70. The normalized spacial score (nSPS) is 18.7. The van der Waals surface area contributed by atoms with Gasteiger partial charge in [0, 0.05) is 19.5 Å². The van der Waals surface area contributed by atoms with E-state index in [-0.39, 0.29) is 0 Å². The summed E-state index contributed by atoms with van der Waals surface area (Å²) in [5, 5.41) is 0. The summed E-state index contributed by atoms with van der Waals surface area (Å²) in [5.41, 5.74) is 0. The Kier molecular flexibility index (Phi) is 4.00. The highest BCUT2D eigenvalue weighted by Gasteiger charge is 2.19. The summed E-state index contributed by atoms with van der Waals surface area (Å²) in [5.74, 6) is 0.954. The maximum Gasteiger partial charge on any atom is 0.222 e. The van der Waals surface area contributed by atoms with Crippen molar-refractivity contribution in [1.29, 1.82) is 0 Å². The highest BCUT2D eigenvalue weighted by molar-refractivity contribution is 5.76. The van der Waals surface area contributed by atoms with Crippen LogP contribution < -0.4 is 0 Å². The van der Waals surface area contributed by atoms with Crippen LogP contribution in [0.1, 0.15) is 32.6 Å². The zero-order valence-electron chi connectivity index (χ0n) is 8.46. The monoisotopic (exact) mass is 181 g/mol. The van der Waals surface area contributed by atoms with Crippen LogP contribution in [0, 0.1) is 5.92 Å². The van der Waals surface area contributed by atoms with Crippen molar-refractivity contribution in [2.45, 2.75) is 32.6 Å². The summed E-state index contributed by atoms with van der Waals surface area (Å²) in [4.78, 5) is 13.5. The third-order valence-electron chi connectivity index (χ3n) is 2.69. The maximum absolute atomic E-state index is 11.5. The van der Waals surface area contributed by atoms with Gasteiger partial charge in [-0.25, -0.2) is 0 Å². The quantitative estimate of drug-likeness (QED) is 0.611. The number of carbonyl (C=O) groups excluding carboxylic acids is 1. The second kappa shape index (κ2) is 5.05. The fourth-order valence-corrected chi connectivity index (χ4v) is 1.76. The van der Waals surface area contributed by atoms with Crippen LogP contribution in [0.5, 0.6) is 0 Å². The van der Waals surface area contributed by atoms with Crippen LogP contribution in [0.2, 0.25) is 0 Å². The molecule has 0 aromatic carbocycles. The van der Waals surface area contributed by atoms with Crippen LogP contribution in [0.15, 0.2) is 12.7 Å². The molecule has 2 nitrogen and oxygen atoms in total. The lowest BCUT2D eigenvalue weighted by atomic mass is 9.97. The SMILES string of the molecule is C=CC1CCN(C(=O)CCC)CC1. The Balaban J connectivity index is 2.31. The molecule has 0 aromatic heterocycles. The molecular weight excluding hydrogens is 162 g/mol. The van der Waals surface area contributed by atoms with Crippen molar-refractivity contribution in [1.82, 2.24) is 4.90 Å². The Morgan fingerprint density at radius 2 is 2.15 bits per heavy atom. The molecular formula is C11H19NO. The zero-order chi connectivity index (χ0) is 9.68. The molecule has 13 heavy (non-hydrogen) atoms. The van der Waals surface area contributed by atoms with Crippen molar-refractivity contribution in [2.75, 3.05) is 13.1 Å². The number of nitrogens with zero attached hydrogens (tertiary/aromatic N) is 1. The minimum absolute atomic E-state index is 0.324. The van der Waals surface area contributed by atoms with Crippen LogP contribution in [-0.2, 0) is 4.79 Å². The van der Waals surface area contributed by atoms with Gasteiger partial charge in [0.15, 0.2) is 0 Å². The fourth-order valence-electron chi connectivity index (χ4n) is 1.76. The van der Waals surface area contributed by atoms with Gasteiger partial charge in [-0.15, -0.1) is 6.58 Å². The van der Waals surface area contributed by atoms with Gasteiger partial charge < -0.3 is 4.90 Å². The molecule has 74 valence electrons. The standard InChI is InChI=1S/C11H19NO/c1-3-5-11(13)12-8-6-10(4-2)7-9-12/h4,10H,2-3,5-9H2,1H3. The topological polar surface area (TPSA) is 20.3 Å². The van der Waals surface area contributed by atoms with Crippen molar-refractivity contribution in [2.24, 2.45) is 5.92 Å². The van der Waals surface area contributed by atoms with E-state index in [9.17, 15) is 4.79 Å². The second-order valence-corrected chi connectivity index (χ2v) is 3.70. The molecule has 0 radical (unpaired) electrons. The highest BCUT2D eigenvalue weighted by atomic mass is 16.2. The van der Waals surface area contributed by atoms with Crippen LogP contribution in [-0.4, -0.2) is 23.9 Å². The lowest BCUT2D eigenvalue weighted by molar-refractivity contribution is -0.132. The number of allylic oxidation sites excluding steroid dienone is 1. The largest absolute Gasteiger partial charge is 0.343 e. The van der Waals surface area contributed by atoms with Gasteiger partial charge in [0.25, 0.3) is 0 Å². The van der Waals surface area contributed by atoms with Crippen molar-refractivity contribution in [3.63, 3.8) is 0 Å². The average molecular weight is 181 g/mol. The van der Waals surface area contributed by atoms with E-state index >= 15 is 0 Å². The molecule has 1 fully saturated rings. The Labute approximate surface area is 80.6 Å². The summed E-state index contributed by atoms with van der Waals surface area (Å²) in [6.07, 6.45) is 5.87. The van der Waals surface area contributed by atoms with Crippen LogP contribution in [0.25, 0.3) is 0 Å². The fraction of sp³-hybridized carbons (Fsp3) is 0.727. The molecule has 0 N–H and O–H groups in total. The van der Waals surface area contributed by atoms with Gasteiger partial charge in [0.2, 0.25) is 5.91 Å². The van der Waals surface area contributed by atoms with Gasteiger partial charge in [0.1, 0.15) is 0 Å². The molecule has 1 amide bonds. The number of hydrogen-bond acceptors (Lipinski definition) is 1. The molecule has 0 aliphatic carbocycles. The highest BCUT2D eigenvalue weighted by Crippen LogP contribution is 2.18. The Morgan fingerprint density at radius 3 is 2.62 bits per heavy atom. The summed E-state index contributed by atoms with van der Waals surface area (Å²) >= 11 is 0. The molecule has 1 heterocycles. The molecule has 2 heteroatoms. The molecule has 0 atom stereocenters. The van der Waals surface area contributed by atoms with E-state index < -0.39 is 0 Å². The Morgan fingerprint density at radius 1 is 1.54 bits per heavy atom. The first-order valence-electron chi connectivity index (χ1n) is 5.18. The lowest BCUT2D eigenvalue weighted by Gasteiger charge is -2.30. The van der Waals surface area contributed by atoms with E-state index in [4.69, 9.17) is 0 Å². The molecule has 0 bridgehead atoms. The molecule has 0 spiro atoms. The predicted octanol–water partition coefficient (Wildman–Crippen LogP) is 2.21. The van der Waals surface area contributed by atoms with E-state index in [1.165, 1.54) is 0 Å². The van der Waals surface area contributed by atoms with Crippen molar-refractivity contribution in [3.8, 4) is 0 Å². The summed E-state index contributed by atoms with van der Waals surface area (Å²) in [6.45, 7) is 7.69. The van der Waals surface area contributed by atoms with Gasteiger partial charge in [-0.1, -0.05) is 13.0 Å². The predicted molar refractivity (Wildman–Crippen MR) is 54.4 cm³/mol. The van der Waals surface area contributed by atoms with Crippen molar-refractivity contribution >= 4 is 5.91 Å². The van der Waals surface area contributed by atoms with Gasteiger partial charge in [-0.3, -0.25) is 4.79 Å². The van der Waals surface area contributed by atoms with E-state index in [0.717, 1.165) is 32.4 Å². The summed E-state index contributed by atoms with van der Waals surface area (Å²) in [7, 11) is 0. The number of carbonyl (C=O) groups is 1. The third-order valence-corrected chi connectivity index (χ3v) is 2.69. The lowest BCUT2D eigenvalue weighted by Crippen LogP contribution is -2.37. The minimum atomic E-state index is 0.324. The van der Waals surface area contributed by atoms with Crippen molar-refractivity contribution < 1.29 is 4.79 Å². The van der Waals surface area contributed by atoms with Gasteiger partial charge in [-0.2, -0.15) is 0 Å². The van der Waals surface area contributed by atoms with Gasteiger partial charge >= 0.3 is 0 Å². The summed E-state index contributed by atoms with van der Waals surface area (Å²) < 4.78 is 0. The third kappa shape index (κ3) is 2.87. The summed E-state index contributed by atoms with van der Waals surface area (Å²) in [6, 6.07) is 0. The minimum Gasteiger partial charge on any atom is -0.343 e. The van der Waals surface area contributed by atoms with Crippen LogP contribution in [0.3, 0.4) is 0 Å². The average Bonchev–Trinajstić information content (AvgIpc) is 2.18. The zero-order valence-corrected chi connectivity index (χ0v) is 8.46. The molecule has 1 aliphatic rings. The van der Waals surface area contributed by atoms with E-state index in [0.29, 0.717) is 18.2 Å². The molecule has 1 saturated heterocycles. The smallest absolute Gasteiger partial charge is 0.222 e. The molecule has 0 aromatic rings. The van der Waals surface area contributed by atoms with E-state index in [1.54, 1.807) is 0 Å². The van der Waals surface area contributed by atoms with Crippen LogP contribution >= 0.6 is 0 Å². The van der Waals surface area contributed by atoms with E-state index in [2.05, 4.69) is 6.58 Å². The first-order chi connectivity index (χ1) is 6.27. The number of hydrogen-bond donors (Lipinski definition) is 0. The van der Waals surface area contributed by atoms with Gasteiger partial charge in [0.05, 0.1) is 0 Å². The number of amides is 1. The number of rotatable bonds is 3. The van der Waals surface area contributed by atoms with Crippen LogP contribution in [0.4, 0.5) is 0 Å². The van der Waals surface area contributed by atoms with E-state index in [1.807, 2.05) is 17.9 Å². The molecule has 1 rings (SSSR count). The number of piperidine rings is 1. The molecule has 0 unspecified atom stereocenters. The maximum atomic E-state index is 11.5. The molecule has 1 aliphatic heterocycles. The first kappa shape index (κ1) is 10.3. The van der Waals surface area contributed by atoms with Crippen molar-refractivity contribution in [3.05, 3.63) is 12.7 Å².